The van der Waals surface area contributed by atoms with Gasteiger partial charge in [0.25, 0.3) is 0 Å². The minimum atomic E-state index is 0.289. The smallest absolute Gasteiger partial charge is 0.0576 e. The third-order valence-electron chi connectivity index (χ3n) is 3.98. The summed E-state index contributed by atoms with van der Waals surface area (Å²) in [5, 5.41) is 3.60. The number of hydrogen-bond acceptors (Lipinski definition) is 1. The maximum Gasteiger partial charge on any atom is 0.0576 e. The van der Waals surface area contributed by atoms with E-state index in [2.05, 4.69) is 74.6 Å². The molecule has 2 aromatic rings. The lowest BCUT2D eigenvalue weighted by atomic mass is 9.96. The van der Waals surface area contributed by atoms with Gasteiger partial charge in [0, 0.05) is 0 Å². The maximum atomic E-state index is 3.60. The summed E-state index contributed by atoms with van der Waals surface area (Å²) >= 11 is 0. The van der Waals surface area contributed by atoms with Gasteiger partial charge in [-0.25, -0.2) is 0 Å². The number of hydrogen-bond donors (Lipinski definition) is 1. The predicted molar refractivity (Wildman–Crippen MR) is 91.8 cm³/mol. The Morgan fingerprint density at radius 2 is 1.29 bits per heavy atom. The van der Waals surface area contributed by atoms with E-state index in [9.17, 15) is 0 Å². The average molecular weight is 281 g/mol. The summed E-state index contributed by atoms with van der Waals surface area (Å²) in [4.78, 5) is 0. The van der Waals surface area contributed by atoms with E-state index in [1.54, 1.807) is 0 Å². The molecule has 0 aliphatic carbocycles. The molecule has 1 heteroatoms. The molecule has 1 nitrogen and oxygen atoms in total. The quantitative estimate of drug-likeness (QED) is 0.761. The number of rotatable bonds is 7. The number of aryl methyl sites for hydroxylation is 2. The molecule has 0 heterocycles. The first kappa shape index (κ1) is 15.8. The van der Waals surface area contributed by atoms with Crippen LogP contribution in [0.25, 0.3) is 0 Å². The van der Waals surface area contributed by atoms with Crippen LogP contribution in [0.3, 0.4) is 0 Å². The average Bonchev–Trinajstić information content (AvgIpc) is 2.54. The van der Waals surface area contributed by atoms with Crippen LogP contribution in [0, 0.1) is 0 Å². The topological polar surface area (TPSA) is 12.0 Å². The van der Waals surface area contributed by atoms with Crippen LogP contribution >= 0.6 is 0 Å². The van der Waals surface area contributed by atoms with E-state index in [-0.39, 0.29) is 6.04 Å². The zero-order valence-corrected chi connectivity index (χ0v) is 13.5. The van der Waals surface area contributed by atoms with Crippen molar-refractivity contribution in [3.05, 3.63) is 70.8 Å². The van der Waals surface area contributed by atoms with E-state index in [1.165, 1.54) is 28.7 Å². The highest BCUT2D eigenvalue weighted by Gasteiger charge is 2.12. The Morgan fingerprint density at radius 1 is 0.762 bits per heavy atom. The predicted octanol–water partition coefficient (Wildman–Crippen LogP) is 4.90. The third-order valence-corrected chi connectivity index (χ3v) is 3.98. The highest BCUT2D eigenvalue weighted by Crippen LogP contribution is 2.23. The van der Waals surface area contributed by atoms with E-state index in [0.717, 1.165) is 19.4 Å². The first-order valence-electron chi connectivity index (χ1n) is 8.19. The van der Waals surface area contributed by atoms with Crippen molar-refractivity contribution in [1.29, 1.82) is 0 Å². The van der Waals surface area contributed by atoms with E-state index >= 15 is 0 Å². The highest BCUT2D eigenvalue weighted by atomic mass is 14.9. The van der Waals surface area contributed by atoms with E-state index in [1.807, 2.05) is 0 Å². The Balaban J connectivity index is 2.24. The molecule has 0 aliphatic rings. The van der Waals surface area contributed by atoms with Gasteiger partial charge in [0.05, 0.1) is 6.04 Å². The van der Waals surface area contributed by atoms with E-state index < -0.39 is 0 Å². The van der Waals surface area contributed by atoms with Crippen molar-refractivity contribution in [3.63, 3.8) is 0 Å². The van der Waals surface area contributed by atoms with Crippen molar-refractivity contribution in [2.75, 3.05) is 6.54 Å². The monoisotopic (exact) mass is 281 g/mol. The summed E-state index contributed by atoms with van der Waals surface area (Å²) < 4.78 is 0. The highest BCUT2D eigenvalue weighted by molar-refractivity contribution is 5.35. The van der Waals surface area contributed by atoms with Gasteiger partial charge in [-0.1, -0.05) is 75.7 Å². The molecule has 2 rings (SSSR count). The molecule has 0 spiro atoms. The van der Waals surface area contributed by atoms with Crippen molar-refractivity contribution in [2.45, 2.75) is 46.1 Å². The standard InChI is InChI=1S/C20H27N/c1-4-7-17-10-14-19(15-11-17)20(21-6-3)18-12-8-16(5-2)9-13-18/h8-15,20-21H,4-7H2,1-3H3. The molecule has 1 unspecified atom stereocenters. The van der Waals surface area contributed by atoms with Crippen LogP contribution in [0.4, 0.5) is 0 Å². The molecule has 1 N–H and O–H groups in total. The minimum Gasteiger partial charge on any atom is -0.307 e. The summed E-state index contributed by atoms with van der Waals surface area (Å²) in [6.45, 7) is 7.56. The molecule has 0 fully saturated rings. The molecule has 0 saturated carbocycles. The van der Waals surface area contributed by atoms with Gasteiger partial charge in [-0.2, -0.15) is 0 Å². The van der Waals surface area contributed by atoms with Crippen LogP contribution in [0.2, 0.25) is 0 Å². The van der Waals surface area contributed by atoms with Crippen LogP contribution in [0.5, 0.6) is 0 Å². The summed E-state index contributed by atoms with van der Waals surface area (Å²) in [6.07, 6.45) is 3.46. The third kappa shape index (κ3) is 4.18. The Hall–Kier alpha value is -1.60. The number of benzene rings is 2. The van der Waals surface area contributed by atoms with Gasteiger partial charge < -0.3 is 5.32 Å². The largest absolute Gasteiger partial charge is 0.307 e. The second-order valence-corrected chi connectivity index (χ2v) is 5.58. The van der Waals surface area contributed by atoms with Gasteiger partial charge in [0.15, 0.2) is 0 Å². The normalized spacial score (nSPS) is 12.3. The first-order valence-corrected chi connectivity index (χ1v) is 8.19. The summed E-state index contributed by atoms with van der Waals surface area (Å²) in [7, 11) is 0. The van der Waals surface area contributed by atoms with Crippen LogP contribution < -0.4 is 5.32 Å². The molecule has 0 amide bonds. The van der Waals surface area contributed by atoms with Gasteiger partial charge in [0.2, 0.25) is 0 Å². The second kappa shape index (κ2) is 7.99. The van der Waals surface area contributed by atoms with Crippen molar-refractivity contribution < 1.29 is 0 Å². The molecule has 1 atom stereocenters. The van der Waals surface area contributed by atoms with Crippen LogP contribution in [-0.4, -0.2) is 6.54 Å². The van der Waals surface area contributed by atoms with Gasteiger partial charge >= 0.3 is 0 Å². The molecule has 21 heavy (non-hydrogen) atoms. The zero-order valence-electron chi connectivity index (χ0n) is 13.5. The van der Waals surface area contributed by atoms with Crippen molar-refractivity contribution in [2.24, 2.45) is 0 Å². The van der Waals surface area contributed by atoms with Gasteiger partial charge in [-0.05, 0) is 41.6 Å². The second-order valence-electron chi connectivity index (χ2n) is 5.58. The fourth-order valence-corrected chi connectivity index (χ4v) is 2.74. The molecule has 0 saturated heterocycles. The minimum absolute atomic E-state index is 0.289. The first-order chi connectivity index (χ1) is 10.3. The molecule has 112 valence electrons. The molecule has 0 aromatic heterocycles. The Morgan fingerprint density at radius 3 is 1.71 bits per heavy atom. The molecule has 0 aliphatic heterocycles. The summed E-state index contributed by atoms with van der Waals surface area (Å²) in [5.41, 5.74) is 5.52. The maximum absolute atomic E-state index is 3.60. The van der Waals surface area contributed by atoms with Crippen molar-refractivity contribution in [3.8, 4) is 0 Å². The lowest BCUT2D eigenvalue weighted by Crippen LogP contribution is -2.22. The Kier molecular flexibility index (Phi) is 6.01. The SMILES string of the molecule is CCCc1ccc(C(NCC)c2ccc(CC)cc2)cc1. The summed E-state index contributed by atoms with van der Waals surface area (Å²) in [6, 6.07) is 18.4. The lowest BCUT2D eigenvalue weighted by molar-refractivity contribution is 0.630. The fourth-order valence-electron chi connectivity index (χ4n) is 2.74. The molecular weight excluding hydrogens is 254 g/mol. The van der Waals surface area contributed by atoms with Crippen LogP contribution in [0.1, 0.15) is 55.5 Å². The van der Waals surface area contributed by atoms with Crippen LogP contribution in [-0.2, 0) is 12.8 Å². The van der Waals surface area contributed by atoms with Crippen LogP contribution in [0.15, 0.2) is 48.5 Å². The lowest BCUT2D eigenvalue weighted by Gasteiger charge is -2.19. The number of nitrogens with one attached hydrogen (secondary N) is 1. The van der Waals surface area contributed by atoms with Gasteiger partial charge in [-0.15, -0.1) is 0 Å². The van der Waals surface area contributed by atoms with Crippen molar-refractivity contribution >= 4 is 0 Å². The van der Waals surface area contributed by atoms with Gasteiger partial charge in [0.1, 0.15) is 0 Å². The van der Waals surface area contributed by atoms with Gasteiger partial charge in [-0.3, -0.25) is 0 Å². The molecule has 0 bridgehead atoms. The van der Waals surface area contributed by atoms with E-state index in [4.69, 9.17) is 0 Å². The molecule has 0 radical (unpaired) electrons. The van der Waals surface area contributed by atoms with E-state index in [0.29, 0.717) is 0 Å². The summed E-state index contributed by atoms with van der Waals surface area (Å²) in [5.74, 6) is 0. The molecular formula is C20H27N. The Labute approximate surface area is 129 Å². The molecule has 2 aromatic carbocycles. The fraction of sp³-hybridized carbons (Fsp3) is 0.400. The Bertz CT molecular complexity index is 525. The van der Waals surface area contributed by atoms with Crippen molar-refractivity contribution in [1.82, 2.24) is 5.32 Å². The zero-order chi connectivity index (χ0) is 15.1.